The second-order valence-corrected chi connectivity index (χ2v) is 4.05. The molecule has 0 bridgehead atoms. The van der Waals surface area contributed by atoms with Gasteiger partial charge in [0.05, 0.1) is 0 Å². The molecule has 1 fully saturated rings. The fourth-order valence-electron chi connectivity index (χ4n) is 1.92. The molecule has 0 atom stereocenters. The highest BCUT2D eigenvalue weighted by Crippen LogP contribution is 2.07. The number of carbonyl (C=O) groups excluding carboxylic acids is 1. The Labute approximate surface area is 95.6 Å². The van der Waals surface area contributed by atoms with E-state index in [1.54, 1.807) is 0 Å². The number of carbonyl (C=O) groups is 1. The van der Waals surface area contributed by atoms with E-state index >= 15 is 0 Å². The Morgan fingerprint density at radius 2 is 1.94 bits per heavy atom. The summed E-state index contributed by atoms with van der Waals surface area (Å²) in [5, 5.41) is 1.30. The van der Waals surface area contributed by atoms with Crippen molar-refractivity contribution >= 4 is 6.03 Å². The van der Waals surface area contributed by atoms with Crippen LogP contribution in [0, 0.1) is 0 Å². The predicted molar refractivity (Wildman–Crippen MR) is 62.6 cm³/mol. The average molecular weight is 219 g/mol. The smallest absolute Gasteiger partial charge is 0.323 e. The summed E-state index contributed by atoms with van der Waals surface area (Å²) in [5.74, 6) is 5.58. The predicted octanol–water partition coefficient (Wildman–Crippen LogP) is 1.23. The zero-order chi connectivity index (χ0) is 11.4. The molecular weight excluding hydrogens is 202 g/mol. The van der Waals surface area contributed by atoms with Crippen LogP contribution in [0.3, 0.4) is 0 Å². The number of hydrazine groups is 1. The summed E-state index contributed by atoms with van der Waals surface area (Å²) < 4.78 is 0. The summed E-state index contributed by atoms with van der Waals surface area (Å²) >= 11 is 0. The molecule has 2 N–H and O–H groups in total. The molecule has 0 saturated carbocycles. The van der Waals surface area contributed by atoms with E-state index in [1.165, 1.54) is 10.6 Å². The molecule has 2 amide bonds. The number of hydrogen-bond acceptors (Lipinski definition) is 2. The number of hydrogen-bond donors (Lipinski definition) is 1. The quantitative estimate of drug-likeness (QED) is 0.614. The van der Waals surface area contributed by atoms with Gasteiger partial charge in [0.2, 0.25) is 0 Å². The highest BCUT2D eigenvalue weighted by atomic mass is 16.2. The topological polar surface area (TPSA) is 49.6 Å². The number of rotatable bonds is 3. The fraction of sp³-hybridized carbons (Fsp3) is 0.417. The zero-order valence-corrected chi connectivity index (χ0v) is 9.30. The summed E-state index contributed by atoms with van der Waals surface area (Å²) in [6.45, 7) is 2.23. The maximum Gasteiger partial charge on any atom is 0.334 e. The summed E-state index contributed by atoms with van der Waals surface area (Å²) in [4.78, 5) is 13.5. The molecule has 1 saturated heterocycles. The second-order valence-electron chi connectivity index (χ2n) is 4.05. The minimum absolute atomic E-state index is 0.0535. The molecule has 1 aliphatic rings. The van der Waals surface area contributed by atoms with Gasteiger partial charge in [0, 0.05) is 19.6 Å². The van der Waals surface area contributed by atoms with Gasteiger partial charge in [0.1, 0.15) is 0 Å². The van der Waals surface area contributed by atoms with Gasteiger partial charge < -0.3 is 4.90 Å². The van der Waals surface area contributed by atoms with Crippen molar-refractivity contribution in [3.05, 3.63) is 35.9 Å². The number of urea groups is 1. The molecule has 0 unspecified atom stereocenters. The molecular formula is C12H17N3O. The van der Waals surface area contributed by atoms with E-state index < -0.39 is 0 Å². The van der Waals surface area contributed by atoms with Gasteiger partial charge in [-0.25, -0.2) is 10.6 Å². The first kappa shape index (κ1) is 11.0. The van der Waals surface area contributed by atoms with Gasteiger partial charge in [0.15, 0.2) is 0 Å². The summed E-state index contributed by atoms with van der Waals surface area (Å²) in [5.41, 5.74) is 1.25. The maximum absolute atomic E-state index is 11.7. The lowest BCUT2D eigenvalue weighted by molar-refractivity contribution is 0.131. The van der Waals surface area contributed by atoms with E-state index in [9.17, 15) is 4.79 Å². The third-order valence-corrected chi connectivity index (χ3v) is 2.86. The lowest BCUT2D eigenvalue weighted by atomic mass is 10.1. The summed E-state index contributed by atoms with van der Waals surface area (Å²) in [6.07, 6.45) is 1.84. The molecule has 1 aliphatic heterocycles. The average Bonchev–Trinajstić information content (AvgIpc) is 2.32. The summed E-state index contributed by atoms with van der Waals surface area (Å²) in [6, 6.07) is 10.1. The Morgan fingerprint density at radius 3 is 2.69 bits per heavy atom. The van der Waals surface area contributed by atoms with E-state index in [-0.39, 0.29) is 6.03 Å². The molecule has 0 aliphatic carbocycles. The molecule has 1 heterocycles. The van der Waals surface area contributed by atoms with Gasteiger partial charge in [-0.2, -0.15) is 0 Å². The van der Waals surface area contributed by atoms with Crippen molar-refractivity contribution in [3.63, 3.8) is 0 Å². The van der Waals surface area contributed by atoms with Gasteiger partial charge in [-0.15, -0.1) is 0 Å². The Morgan fingerprint density at radius 1 is 1.19 bits per heavy atom. The maximum atomic E-state index is 11.7. The third-order valence-electron chi connectivity index (χ3n) is 2.86. The summed E-state index contributed by atoms with van der Waals surface area (Å²) in [7, 11) is 0. The van der Waals surface area contributed by atoms with Gasteiger partial charge in [0.25, 0.3) is 0 Å². The van der Waals surface area contributed by atoms with Crippen LogP contribution in [0.25, 0.3) is 0 Å². The van der Waals surface area contributed by atoms with Crippen LogP contribution in [0.2, 0.25) is 0 Å². The number of nitrogens with two attached hydrogens (primary N) is 1. The van der Waals surface area contributed by atoms with Crippen LogP contribution in [0.4, 0.5) is 4.79 Å². The molecule has 4 nitrogen and oxygen atoms in total. The highest BCUT2D eigenvalue weighted by molar-refractivity contribution is 5.74. The Balaban J connectivity index is 1.88. The first-order valence-electron chi connectivity index (χ1n) is 5.62. The third kappa shape index (κ3) is 2.52. The van der Waals surface area contributed by atoms with Crippen LogP contribution in [-0.4, -0.2) is 35.6 Å². The molecule has 0 aromatic heterocycles. The molecule has 1 aromatic rings. The van der Waals surface area contributed by atoms with Crippen molar-refractivity contribution < 1.29 is 4.79 Å². The molecule has 16 heavy (non-hydrogen) atoms. The molecule has 4 heteroatoms. The molecule has 0 spiro atoms. The van der Waals surface area contributed by atoms with Crippen molar-refractivity contribution in [2.75, 3.05) is 19.6 Å². The number of nitrogens with zero attached hydrogens (tertiary/aromatic N) is 2. The van der Waals surface area contributed by atoms with E-state index in [4.69, 9.17) is 5.84 Å². The Hall–Kier alpha value is -1.55. The van der Waals surface area contributed by atoms with E-state index in [0.29, 0.717) is 6.54 Å². The normalized spacial score (nSPS) is 16.7. The first-order chi connectivity index (χ1) is 7.77. The molecule has 1 aromatic carbocycles. The van der Waals surface area contributed by atoms with Crippen LogP contribution in [0.15, 0.2) is 30.3 Å². The lowest BCUT2D eigenvalue weighted by Crippen LogP contribution is -2.52. The van der Waals surface area contributed by atoms with Crippen molar-refractivity contribution in [2.24, 2.45) is 5.84 Å². The van der Waals surface area contributed by atoms with Crippen molar-refractivity contribution in [1.29, 1.82) is 0 Å². The minimum Gasteiger partial charge on any atom is -0.323 e. The van der Waals surface area contributed by atoms with E-state index in [0.717, 1.165) is 25.9 Å². The Bertz CT molecular complexity index is 353. The van der Waals surface area contributed by atoms with Gasteiger partial charge in [-0.1, -0.05) is 30.3 Å². The minimum atomic E-state index is -0.0535. The molecule has 86 valence electrons. The van der Waals surface area contributed by atoms with E-state index in [2.05, 4.69) is 12.1 Å². The van der Waals surface area contributed by atoms with Crippen LogP contribution in [0.1, 0.15) is 12.0 Å². The highest BCUT2D eigenvalue weighted by Gasteiger charge is 2.22. The van der Waals surface area contributed by atoms with Crippen LogP contribution in [0.5, 0.6) is 0 Å². The van der Waals surface area contributed by atoms with Crippen molar-refractivity contribution in [1.82, 2.24) is 9.91 Å². The molecule has 2 rings (SSSR count). The number of benzene rings is 1. The largest absolute Gasteiger partial charge is 0.334 e. The first-order valence-corrected chi connectivity index (χ1v) is 5.62. The van der Waals surface area contributed by atoms with Crippen molar-refractivity contribution in [3.8, 4) is 0 Å². The zero-order valence-electron chi connectivity index (χ0n) is 9.30. The molecule has 0 radical (unpaired) electrons. The Kier molecular flexibility index (Phi) is 3.41. The monoisotopic (exact) mass is 219 g/mol. The lowest BCUT2D eigenvalue weighted by Gasteiger charge is -2.32. The standard InChI is InChI=1S/C12H17N3O/c13-15-9-4-8-14(12(15)16)10-7-11-5-2-1-3-6-11/h1-3,5-6H,4,7-10,13H2. The van der Waals surface area contributed by atoms with Crippen LogP contribution < -0.4 is 5.84 Å². The van der Waals surface area contributed by atoms with E-state index in [1.807, 2.05) is 23.1 Å². The number of amides is 2. The van der Waals surface area contributed by atoms with Gasteiger partial charge in [-0.3, -0.25) is 5.01 Å². The van der Waals surface area contributed by atoms with Gasteiger partial charge in [-0.05, 0) is 18.4 Å². The van der Waals surface area contributed by atoms with Gasteiger partial charge >= 0.3 is 6.03 Å². The fourth-order valence-corrected chi connectivity index (χ4v) is 1.92. The second kappa shape index (κ2) is 4.99. The van der Waals surface area contributed by atoms with Crippen molar-refractivity contribution in [2.45, 2.75) is 12.8 Å². The SMILES string of the molecule is NN1CCCN(CCc2ccccc2)C1=O. The van der Waals surface area contributed by atoms with Crippen LogP contribution >= 0.6 is 0 Å². The van der Waals surface area contributed by atoms with Crippen LogP contribution in [-0.2, 0) is 6.42 Å².